The molecule has 4 rings (SSSR count). The molecule has 0 fully saturated rings. The van der Waals surface area contributed by atoms with Gasteiger partial charge in [0.2, 0.25) is 0 Å². The monoisotopic (exact) mass is 503 g/mol. The highest BCUT2D eigenvalue weighted by atomic mass is 79.9. The second kappa shape index (κ2) is 10.1. The zero-order valence-corrected chi connectivity index (χ0v) is 20.6. The first-order valence-electron chi connectivity index (χ1n) is 10.9. The normalized spacial score (nSPS) is 10.8. The molecule has 5 heteroatoms. The van der Waals surface area contributed by atoms with Crippen LogP contribution < -0.4 is 4.74 Å². The minimum Gasteiger partial charge on any atom is -0.488 e. The van der Waals surface area contributed by atoms with E-state index in [2.05, 4.69) is 69.9 Å². The maximum atomic E-state index is 12.3. The molecule has 0 amide bonds. The molecule has 3 aromatic carbocycles. The van der Waals surface area contributed by atoms with Crippen molar-refractivity contribution in [3.63, 3.8) is 0 Å². The van der Waals surface area contributed by atoms with Crippen LogP contribution in [0.4, 0.5) is 0 Å². The Labute approximate surface area is 202 Å². The molecular weight excluding hydrogens is 478 g/mol. The van der Waals surface area contributed by atoms with Gasteiger partial charge in [-0.15, -0.1) is 0 Å². The van der Waals surface area contributed by atoms with Gasteiger partial charge in [0, 0.05) is 21.4 Å². The molecule has 4 nitrogen and oxygen atoms in total. The maximum Gasteiger partial charge on any atom is 0.338 e. The molecule has 0 saturated heterocycles. The van der Waals surface area contributed by atoms with Gasteiger partial charge in [-0.3, -0.25) is 0 Å². The van der Waals surface area contributed by atoms with Crippen molar-refractivity contribution < 1.29 is 14.3 Å². The number of hydrogen-bond acceptors (Lipinski definition) is 3. The molecule has 0 aliphatic rings. The molecule has 0 radical (unpaired) electrons. The highest BCUT2D eigenvalue weighted by molar-refractivity contribution is 9.10. The van der Waals surface area contributed by atoms with Gasteiger partial charge in [0.25, 0.3) is 0 Å². The first-order valence-corrected chi connectivity index (χ1v) is 11.7. The highest BCUT2D eigenvalue weighted by Gasteiger charge is 2.16. The predicted octanol–water partition coefficient (Wildman–Crippen LogP) is 7.28. The molecule has 0 aliphatic heterocycles. The van der Waals surface area contributed by atoms with Crippen LogP contribution >= 0.6 is 15.9 Å². The van der Waals surface area contributed by atoms with E-state index in [0.29, 0.717) is 18.8 Å². The predicted molar refractivity (Wildman–Crippen MR) is 135 cm³/mol. The van der Waals surface area contributed by atoms with Gasteiger partial charge < -0.3 is 14.0 Å². The van der Waals surface area contributed by atoms with Crippen LogP contribution in [0.5, 0.6) is 5.75 Å². The summed E-state index contributed by atoms with van der Waals surface area (Å²) in [5.41, 5.74) is 6.75. The van der Waals surface area contributed by atoms with E-state index < -0.39 is 0 Å². The Bertz CT molecular complexity index is 1270. The number of benzene rings is 3. The maximum absolute atomic E-state index is 12.3. The quantitative estimate of drug-likeness (QED) is 0.249. The molecule has 0 N–H and O–H groups in total. The Hall–Kier alpha value is -3.31. The first kappa shape index (κ1) is 22.9. The zero-order chi connectivity index (χ0) is 23.4. The number of esters is 1. The number of halogens is 1. The fourth-order valence-electron chi connectivity index (χ4n) is 3.75. The largest absolute Gasteiger partial charge is 0.488 e. The van der Waals surface area contributed by atoms with Gasteiger partial charge in [0.15, 0.2) is 0 Å². The lowest BCUT2D eigenvalue weighted by Gasteiger charge is -2.17. The summed E-state index contributed by atoms with van der Waals surface area (Å²) in [6.45, 7) is 6.75. The summed E-state index contributed by atoms with van der Waals surface area (Å²) >= 11 is 3.61. The number of rotatable bonds is 7. The molecule has 0 saturated carbocycles. The topological polar surface area (TPSA) is 40.5 Å². The summed E-state index contributed by atoms with van der Waals surface area (Å²) in [5, 5.41) is 0. The number of carbonyl (C=O) groups excluding carboxylic acids is 1. The summed E-state index contributed by atoms with van der Waals surface area (Å²) in [6.07, 6.45) is 0. The summed E-state index contributed by atoms with van der Waals surface area (Å²) in [4.78, 5) is 12.3. The minimum absolute atomic E-state index is 0.324. The fourth-order valence-corrected chi connectivity index (χ4v) is 4.11. The molecule has 33 heavy (non-hydrogen) atoms. The number of carbonyl (C=O) groups is 1. The summed E-state index contributed by atoms with van der Waals surface area (Å²) in [6, 6.07) is 26.0. The fraction of sp³-hybridized carbons (Fsp3) is 0.179. The minimum atomic E-state index is -0.324. The Morgan fingerprint density at radius 1 is 0.939 bits per heavy atom. The van der Waals surface area contributed by atoms with Crippen molar-refractivity contribution >= 4 is 21.9 Å². The second-order valence-electron chi connectivity index (χ2n) is 7.88. The molecule has 1 heterocycles. The lowest BCUT2D eigenvalue weighted by atomic mass is 10.1. The molecule has 0 spiro atoms. The Balaban J connectivity index is 1.72. The van der Waals surface area contributed by atoms with Gasteiger partial charge in [0.1, 0.15) is 12.4 Å². The van der Waals surface area contributed by atoms with Crippen LogP contribution in [-0.2, 0) is 11.3 Å². The van der Waals surface area contributed by atoms with E-state index in [0.717, 1.165) is 38.4 Å². The third-order valence-electron chi connectivity index (χ3n) is 5.42. The van der Waals surface area contributed by atoms with E-state index in [1.54, 1.807) is 13.0 Å². The number of hydrogen-bond donors (Lipinski definition) is 0. The van der Waals surface area contributed by atoms with Crippen LogP contribution in [-0.4, -0.2) is 17.1 Å². The van der Waals surface area contributed by atoms with Gasteiger partial charge >= 0.3 is 5.97 Å². The van der Waals surface area contributed by atoms with Crippen molar-refractivity contribution in [3.05, 3.63) is 106 Å². The number of ether oxygens (including phenoxy) is 2. The van der Waals surface area contributed by atoms with Gasteiger partial charge in [-0.2, -0.15) is 0 Å². The molecule has 168 valence electrons. The van der Waals surface area contributed by atoms with Crippen molar-refractivity contribution in [1.29, 1.82) is 0 Å². The van der Waals surface area contributed by atoms with Crippen LogP contribution in [0.15, 0.2) is 83.3 Å². The van der Waals surface area contributed by atoms with Crippen LogP contribution in [0.2, 0.25) is 0 Å². The average Bonchev–Trinajstić information content (AvgIpc) is 3.20. The zero-order valence-electron chi connectivity index (χ0n) is 19.0. The van der Waals surface area contributed by atoms with Crippen molar-refractivity contribution in [1.82, 2.24) is 4.57 Å². The van der Waals surface area contributed by atoms with Crippen molar-refractivity contribution in [2.45, 2.75) is 27.4 Å². The molecule has 0 aliphatic carbocycles. The van der Waals surface area contributed by atoms with E-state index >= 15 is 0 Å². The van der Waals surface area contributed by atoms with E-state index in [1.165, 1.54) is 5.56 Å². The average molecular weight is 504 g/mol. The molecule has 0 atom stereocenters. The third kappa shape index (κ3) is 5.20. The highest BCUT2D eigenvalue weighted by Crippen LogP contribution is 2.36. The van der Waals surface area contributed by atoms with Crippen LogP contribution in [0, 0.1) is 13.8 Å². The first-order chi connectivity index (χ1) is 16.0. The summed E-state index contributed by atoms with van der Waals surface area (Å²) in [7, 11) is 0. The van der Waals surface area contributed by atoms with Crippen molar-refractivity contribution in [2.75, 3.05) is 6.61 Å². The second-order valence-corrected chi connectivity index (χ2v) is 8.80. The van der Waals surface area contributed by atoms with Crippen LogP contribution in [0.25, 0.3) is 16.9 Å². The van der Waals surface area contributed by atoms with Gasteiger partial charge in [-0.25, -0.2) is 4.79 Å². The van der Waals surface area contributed by atoms with Crippen LogP contribution in [0.3, 0.4) is 0 Å². The molecular formula is C28H26BrNO3. The van der Waals surface area contributed by atoms with Crippen molar-refractivity contribution in [3.8, 4) is 22.7 Å². The van der Waals surface area contributed by atoms with E-state index in [-0.39, 0.29) is 5.97 Å². The lowest BCUT2D eigenvalue weighted by molar-refractivity contribution is 0.0526. The Morgan fingerprint density at radius 2 is 1.73 bits per heavy atom. The van der Waals surface area contributed by atoms with Gasteiger partial charge in [-0.05, 0) is 74.9 Å². The summed E-state index contributed by atoms with van der Waals surface area (Å²) < 4.78 is 14.5. The standard InChI is InChI=1S/C28H26BrNO3/c1-4-32-28(31)22-6-5-7-24(16-22)30-20(3)10-14-26(30)25-17-23(29)13-15-27(25)33-18-21-11-8-19(2)9-12-21/h5-17H,4,18H2,1-3H3. The SMILES string of the molecule is CCOC(=O)c1cccc(-n2c(C)ccc2-c2cc(Br)ccc2OCc2ccc(C)cc2)c1. The summed E-state index contributed by atoms with van der Waals surface area (Å²) in [5.74, 6) is 0.468. The lowest BCUT2D eigenvalue weighted by Crippen LogP contribution is -2.07. The third-order valence-corrected chi connectivity index (χ3v) is 5.92. The van der Waals surface area contributed by atoms with Gasteiger partial charge in [-0.1, -0.05) is 51.8 Å². The number of aryl methyl sites for hydroxylation is 2. The smallest absolute Gasteiger partial charge is 0.338 e. The Kier molecular flexibility index (Phi) is 6.99. The van der Waals surface area contributed by atoms with Crippen molar-refractivity contribution in [2.24, 2.45) is 0 Å². The molecule has 0 unspecified atom stereocenters. The molecule has 4 aromatic rings. The Morgan fingerprint density at radius 3 is 2.48 bits per heavy atom. The number of aromatic nitrogens is 1. The van der Waals surface area contributed by atoms with Gasteiger partial charge in [0.05, 0.1) is 17.9 Å². The van der Waals surface area contributed by atoms with E-state index in [9.17, 15) is 4.79 Å². The number of nitrogens with zero attached hydrogens (tertiary/aromatic N) is 1. The van der Waals surface area contributed by atoms with Crippen LogP contribution in [0.1, 0.15) is 34.1 Å². The van der Waals surface area contributed by atoms with E-state index in [4.69, 9.17) is 9.47 Å². The molecule has 0 bridgehead atoms. The molecule has 1 aromatic heterocycles. The van der Waals surface area contributed by atoms with E-state index in [1.807, 2.05) is 37.3 Å².